The van der Waals surface area contributed by atoms with E-state index in [4.69, 9.17) is 0 Å². The second kappa shape index (κ2) is 6.39. The van der Waals surface area contributed by atoms with Crippen LogP contribution in [0.3, 0.4) is 0 Å². The summed E-state index contributed by atoms with van der Waals surface area (Å²) in [7, 11) is 1.71. The molecule has 6 nitrogen and oxygen atoms in total. The first-order valence-corrected chi connectivity index (χ1v) is 7.03. The van der Waals surface area contributed by atoms with Gasteiger partial charge >= 0.3 is 0 Å². The molecular formula is C15H19N3O3. The van der Waals surface area contributed by atoms with Gasteiger partial charge in [-0.2, -0.15) is 0 Å². The van der Waals surface area contributed by atoms with Crippen molar-refractivity contribution in [3.63, 3.8) is 0 Å². The topological polar surface area (TPSA) is 80.9 Å². The van der Waals surface area contributed by atoms with Crippen molar-refractivity contribution in [3.05, 3.63) is 61.6 Å². The molecule has 0 spiro atoms. The van der Waals surface area contributed by atoms with E-state index in [1.165, 1.54) is 16.8 Å². The number of H-pyrrole nitrogens is 1. The van der Waals surface area contributed by atoms with Crippen LogP contribution in [0.4, 0.5) is 5.69 Å². The van der Waals surface area contributed by atoms with Crippen molar-refractivity contribution in [2.75, 3.05) is 0 Å². The van der Waals surface area contributed by atoms with Gasteiger partial charge in [-0.15, -0.1) is 0 Å². The monoisotopic (exact) mass is 289 g/mol. The van der Waals surface area contributed by atoms with Gasteiger partial charge in [0.05, 0.1) is 4.92 Å². The molecule has 0 aliphatic carbocycles. The first-order chi connectivity index (χ1) is 10.0. The molecule has 2 aromatic rings. The molecule has 0 aliphatic heterocycles. The summed E-state index contributed by atoms with van der Waals surface area (Å²) in [6.07, 6.45) is 3.42. The van der Waals surface area contributed by atoms with Crippen LogP contribution in [0.5, 0.6) is 0 Å². The highest BCUT2D eigenvalue weighted by atomic mass is 16.6. The Kier molecular flexibility index (Phi) is 4.57. The van der Waals surface area contributed by atoms with Crippen LogP contribution in [0.1, 0.15) is 36.6 Å². The Morgan fingerprint density at radius 3 is 2.52 bits per heavy atom. The van der Waals surface area contributed by atoms with Crippen molar-refractivity contribution >= 4 is 5.69 Å². The van der Waals surface area contributed by atoms with E-state index >= 15 is 0 Å². The minimum Gasteiger partial charge on any atom is -0.300 e. The average Bonchev–Trinajstić information content (AvgIpc) is 2.73. The van der Waals surface area contributed by atoms with Gasteiger partial charge in [-0.05, 0) is 18.4 Å². The molecule has 0 fully saturated rings. The highest BCUT2D eigenvalue weighted by Crippen LogP contribution is 2.16. The van der Waals surface area contributed by atoms with Crippen LogP contribution in [0, 0.1) is 10.1 Å². The zero-order valence-corrected chi connectivity index (χ0v) is 12.3. The lowest BCUT2D eigenvalue weighted by molar-refractivity contribution is -0.384. The van der Waals surface area contributed by atoms with Crippen LogP contribution in [-0.2, 0) is 19.9 Å². The largest absolute Gasteiger partial charge is 0.300 e. The predicted molar refractivity (Wildman–Crippen MR) is 80.5 cm³/mol. The molecule has 2 rings (SSSR count). The summed E-state index contributed by atoms with van der Waals surface area (Å²) in [6, 6.07) is 6.35. The second-order valence-electron chi connectivity index (χ2n) is 5.14. The van der Waals surface area contributed by atoms with Crippen molar-refractivity contribution in [3.8, 4) is 0 Å². The van der Waals surface area contributed by atoms with E-state index in [2.05, 4.69) is 12.0 Å². The molecule has 1 aromatic carbocycles. The van der Waals surface area contributed by atoms with Crippen molar-refractivity contribution in [1.82, 2.24) is 9.78 Å². The lowest BCUT2D eigenvalue weighted by Crippen LogP contribution is -2.15. The Hall–Kier alpha value is -2.37. The zero-order chi connectivity index (χ0) is 15.4. The summed E-state index contributed by atoms with van der Waals surface area (Å²) in [4.78, 5) is 22.4. The van der Waals surface area contributed by atoms with Gasteiger partial charge in [0.1, 0.15) is 0 Å². The molecule has 0 saturated heterocycles. The molecule has 1 aromatic heterocycles. The van der Waals surface area contributed by atoms with Gasteiger partial charge in [0.25, 0.3) is 11.2 Å². The minimum absolute atomic E-state index is 0.0283. The average molecular weight is 289 g/mol. The van der Waals surface area contributed by atoms with E-state index in [0.29, 0.717) is 6.42 Å². The van der Waals surface area contributed by atoms with E-state index in [1.807, 2.05) is 0 Å². The van der Waals surface area contributed by atoms with Crippen molar-refractivity contribution in [1.29, 1.82) is 0 Å². The summed E-state index contributed by atoms with van der Waals surface area (Å²) in [5.74, 6) is 0. The molecule has 0 aliphatic rings. The smallest absolute Gasteiger partial charge is 0.270 e. The normalized spacial score (nSPS) is 10.8. The van der Waals surface area contributed by atoms with Gasteiger partial charge in [-0.25, -0.2) is 0 Å². The SMILES string of the molecule is CCCCc1[nH]n(C)c(=O)c1Cc1ccc([N+](=O)[O-])cc1. The van der Waals surface area contributed by atoms with Gasteiger partial charge < -0.3 is 0 Å². The molecule has 1 heterocycles. The number of nitrogens with zero attached hydrogens (tertiary/aromatic N) is 2. The third-order valence-corrected chi connectivity index (χ3v) is 3.54. The van der Waals surface area contributed by atoms with Gasteiger partial charge in [-0.3, -0.25) is 24.7 Å². The van der Waals surface area contributed by atoms with Gasteiger partial charge in [0.15, 0.2) is 0 Å². The van der Waals surface area contributed by atoms with Crippen LogP contribution in [-0.4, -0.2) is 14.7 Å². The highest BCUT2D eigenvalue weighted by molar-refractivity contribution is 5.35. The number of benzene rings is 1. The van der Waals surface area contributed by atoms with E-state index in [9.17, 15) is 14.9 Å². The number of aromatic nitrogens is 2. The molecule has 6 heteroatoms. The third kappa shape index (κ3) is 3.39. The maximum absolute atomic E-state index is 12.2. The van der Waals surface area contributed by atoms with Crippen LogP contribution in [0.2, 0.25) is 0 Å². The first kappa shape index (κ1) is 15.0. The van der Waals surface area contributed by atoms with E-state index in [-0.39, 0.29) is 11.2 Å². The summed E-state index contributed by atoms with van der Waals surface area (Å²) in [6.45, 7) is 2.11. The molecule has 112 valence electrons. The van der Waals surface area contributed by atoms with Crippen LogP contribution in [0.15, 0.2) is 29.1 Å². The Bertz CT molecular complexity index is 683. The number of aryl methyl sites for hydroxylation is 2. The van der Waals surface area contributed by atoms with Gasteiger partial charge in [0, 0.05) is 36.9 Å². The Morgan fingerprint density at radius 2 is 1.95 bits per heavy atom. The number of unbranched alkanes of at least 4 members (excludes halogenated alkanes) is 1. The maximum atomic E-state index is 12.2. The predicted octanol–water partition coefficient (Wildman–Crippen LogP) is 2.56. The van der Waals surface area contributed by atoms with Crippen LogP contribution >= 0.6 is 0 Å². The number of hydrogen-bond donors (Lipinski definition) is 1. The fourth-order valence-corrected chi connectivity index (χ4v) is 2.33. The van der Waals surface area contributed by atoms with Gasteiger partial charge in [0.2, 0.25) is 0 Å². The Balaban J connectivity index is 2.25. The van der Waals surface area contributed by atoms with E-state index < -0.39 is 4.92 Å². The number of nitro groups is 1. The lowest BCUT2D eigenvalue weighted by atomic mass is 10.0. The molecule has 0 atom stereocenters. The molecule has 1 N–H and O–H groups in total. The fraction of sp³-hybridized carbons (Fsp3) is 0.400. The number of hydrogen-bond acceptors (Lipinski definition) is 3. The molecule has 0 unspecified atom stereocenters. The van der Waals surface area contributed by atoms with Crippen LogP contribution < -0.4 is 5.56 Å². The van der Waals surface area contributed by atoms with Crippen LogP contribution in [0.25, 0.3) is 0 Å². The third-order valence-electron chi connectivity index (χ3n) is 3.54. The minimum atomic E-state index is -0.425. The standard InChI is InChI=1S/C15H19N3O3/c1-3-4-5-14-13(15(19)17(2)16-14)10-11-6-8-12(9-7-11)18(20)21/h6-9,16H,3-5,10H2,1-2H3. The Morgan fingerprint density at radius 1 is 1.29 bits per heavy atom. The van der Waals surface area contributed by atoms with E-state index in [0.717, 1.165) is 36.1 Å². The maximum Gasteiger partial charge on any atom is 0.270 e. The summed E-state index contributed by atoms with van der Waals surface area (Å²) < 4.78 is 1.49. The number of rotatable bonds is 6. The van der Waals surface area contributed by atoms with Crippen molar-refractivity contribution in [2.24, 2.45) is 7.05 Å². The second-order valence-corrected chi connectivity index (χ2v) is 5.14. The number of non-ortho nitro benzene ring substituents is 1. The zero-order valence-electron chi connectivity index (χ0n) is 12.3. The highest BCUT2D eigenvalue weighted by Gasteiger charge is 2.13. The summed E-state index contributed by atoms with van der Waals surface area (Å²) in [5, 5.41) is 13.7. The number of aromatic amines is 1. The first-order valence-electron chi connectivity index (χ1n) is 7.03. The van der Waals surface area contributed by atoms with Crippen molar-refractivity contribution in [2.45, 2.75) is 32.6 Å². The quantitative estimate of drug-likeness (QED) is 0.655. The molecule has 0 amide bonds. The summed E-state index contributed by atoms with van der Waals surface area (Å²) in [5.41, 5.74) is 2.64. The summed E-state index contributed by atoms with van der Waals surface area (Å²) >= 11 is 0. The molecule has 0 saturated carbocycles. The van der Waals surface area contributed by atoms with Crippen molar-refractivity contribution < 1.29 is 4.92 Å². The number of nitro benzene ring substituents is 1. The number of nitrogens with one attached hydrogen (secondary N) is 1. The lowest BCUT2D eigenvalue weighted by Gasteiger charge is -2.02. The molecule has 21 heavy (non-hydrogen) atoms. The molecular weight excluding hydrogens is 270 g/mol. The molecule has 0 radical (unpaired) electrons. The Labute approximate surface area is 122 Å². The van der Waals surface area contributed by atoms with E-state index in [1.54, 1.807) is 19.2 Å². The van der Waals surface area contributed by atoms with Gasteiger partial charge in [-0.1, -0.05) is 25.5 Å². The molecule has 0 bridgehead atoms. The fourth-order valence-electron chi connectivity index (χ4n) is 2.33.